The molecule has 3 aromatic heterocycles. The van der Waals surface area contributed by atoms with Crippen LogP contribution in [-0.2, 0) is 6.54 Å². The van der Waals surface area contributed by atoms with Crippen molar-refractivity contribution in [3.8, 4) is 5.00 Å². The highest BCUT2D eigenvalue weighted by Crippen LogP contribution is 2.31. The minimum atomic E-state index is -0.210. The normalized spacial score (nSPS) is 12.3. The molecule has 1 atom stereocenters. The van der Waals surface area contributed by atoms with Gasteiger partial charge in [0.25, 0.3) is 5.91 Å². The summed E-state index contributed by atoms with van der Waals surface area (Å²) in [5, 5.41) is 12.2. The molecule has 6 nitrogen and oxygen atoms in total. The summed E-state index contributed by atoms with van der Waals surface area (Å²) >= 11 is 1.63. The average molecular weight is 357 g/mol. The summed E-state index contributed by atoms with van der Waals surface area (Å²) in [6, 6.07) is 3.71. The maximum atomic E-state index is 13.0. The SMILES string of the molecule is CCCn1cnnc1[C@H](C)NC(=O)c1c(-n2cccc2)sc(C)c1C. The third-order valence-electron chi connectivity index (χ3n) is 4.28. The molecule has 0 bridgehead atoms. The molecule has 1 N–H and O–H groups in total. The zero-order valence-corrected chi connectivity index (χ0v) is 15.8. The van der Waals surface area contributed by atoms with Gasteiger partial charge in [-0.15, -0.1) is 21.5 Å². The molecule has 0 aliphatic carbocycles. The van der Waals surface area contributed by atoms with Crippen molar-refractivity contribution < 1.29 is 4.79 Å². The Balaban J connectivity index is 1.88. The molecule has 0 aliphatic rings. The van der Waals surface area contributed by atoms with Crippen LogP contribution in [0.2, 0.25) is 0 Å². The maximum Gasteiger partial charge on any atom is 0.255 e. The molecule has 132 valence electrons. The summed E-state index contributed by atoms with van der Waals surface area (Å²) in [4.78, 5) is 14.1. The van der Waals surface area contributed by atoms with E-state index in [0.29, 0.717) is 0 Å². The number of aryl methyl sites for hydroxylation is 2. The number of carbonyl (C=O) groups is 1. The predicted octanol–water partition coefficient (Wildman–Crippen LogP) is 3.65. The zero-order valence-electron chi connectivity index (χ0n) is 15.0. The second kappa shape index (κ2) is 7.23. The van der Waals surface area contributed by atoms with Crippen LogP contribution in [0.1, 0.15) is 52.9 Å². The molecule has 3 aromatic rings. The topological polar surface area (TPSA) is 64.7 Å². The molecule has 3 rings (SSSR count). The van der Waals surface area contributed by atoms with Crippen molar-refractivity contribution >= 4 is 17.2 Å². The number of nitrogens with one attached hydrogen (secondary N) is 1. The van der Waals surface area contributed by atoms with E-state index in [1.165, 1.54) is 0 Å². The summed E-state index contributed by atoms with van der Waals surface area (Å²) in [6.07, 6.45) is 6.63. The summed E-state index contributed by atoms with van der Waals surface area (Å²) in [7, 11) is 0. The van der Waals surface area contributed by atoms with Crippen LogP contribution in [0.5, 0.6) is 0 Å². The van der Waals surface area contributed by atoms with Gasteiger partial charge in [0, 0.05) is 23.8 Å². The van der Waals surface area contributed by atoms with Gasteiger partial charge in [0.05, 0.1) is 11.6 Å². The summed E-state index contributed by atoms with van der Waals surface area (Å²) in [5.74, 6) is 0.700. The van der Waals surface area contributed by atoms with Gasteiger partial charge in [-0.05, 0) is 44.9 Å². The Morgan fingerprint density at radius 2 is 2.04 bits per heavy atom. The third kappa shape index (κ3) is 3.37. The van der Waals surface area contributed by atoms with Crippen LogP contribution in [0.15, 0.2) is 30.9 Å². The van der Waals surface area contributed by atoms with Crippen molar-refractivity contribution in [1.82, 2.24) is 24.6 Å². The molecule has 0 saturated carbocycles. The number of aromatic nitrogens is 4. The molecule has 0 fully saturated rings. The molecule has 3 heterocycles. The standard InChI is InChI=1S/C18H23N5OS/c1-5-8-23-11-19-21-16(23)13(3)20-17(24)15-12(2)14(4)25-18(15)22-9-6-7-10-22/h6-7,9-11,13H,5,8H2,1-4H3,(H,20,24)/t13-/m0/s1. The monoisotopic (exact) mass is 357 g/mol. The largest absolute Gasteiger partial charge is 0.342 e. The summed E-state index contributed by atoms with van der Waals surface area (Å²) in [6.45, 7) is 8.93. The number of hydrogen-bond donors (Lipinski definition) is 1. The summed E-state index contributed by atoms with van der Waals surface area (Å²) in [5.41, 5.74) is 1.75. The second-order valence-electron chi connectivity index (χ2n) is 6.13. The van der Waals surface area contributed by atoms with Crippen LogP contribution in [0.4, 0.5) is 0 Å². The van der Waals surface area contributed by atoms with Crippen LogP contribution in [0, 0.1) is 13.8 Å². The molecule has 7 heteroatoms. The molecule has 0 unspecified atom stereocenters. The number of carbonyl (C=O) groups excluding carboxylic acids is 1. The lowest BCUT2D eigenvalue weighted by Crippen LogP contribution is -2.29. The van der Waals surface area contributed by atoms with E-state index in [-0.39, 0.29) is 11.9 Å². The van der Waals surface area contributed by atoms with Crippen molar-refractivity contribution in [1.29, 1.82) is 0 Å². The maximum absolute atomic E-state index is 13.0. The highest BCUT2D eigenvalue weighted by atomic mass is 32.1. The Kier molecular flexibility index (Phi) is 5.03. The van der Waals surface area contributed by atoms with E-state index >= 15 is 0 Å². The van der Waals surface area contributed by atoms with Crippen molar-refractivity contribution in [3.05, 3.63) is 52.7 Å². The lowest BCUT2D eigenvalue weighted by molar-refractivity contribution is 0.0937. The Morgan fingerprint density at radius 1 is 1.32 bits per heavy atom. The van der Waals surface area contributed by atoms with Crippen LogP contribution >= 0.6 is 11.3 Å². The number of amides is 1. The second-order valence-corrected chi connectivity index (χ2v) is 7.33. The van der Waals surface area contributed by atoms with Gasteiger partial charge >= 0.3 is 0 Å². The minimum Gasteiger partial charge on any atom is -0.342 e. The van der Waals surface area contributed by atoms with E-state index in [0.717, 1.165) is 39.8 Å². The van der Waals surface area contributed by atoms with Gasteiger partial charge in [-0.3, -0.25) is 4.79 Å². The number of nitrogens with zero attached hydrogens (tertiary/aromatic N) is 4. The fourth-order valence-electron chi connectivity index (χ4n) is 2.87. The molecule has 0 spiro atoms. The quantitative estimate of drug-likeness (QED) is 0.732. The van der Waals surface area contributed by atoms with E-state index < -0.39 is 0 Å². The van der Waals surface area contributed by atoms with Crippen molar-refractivity contribution in [2.24, 2.45) is 0 Å². The Labute approximate surface area is 151 Å². The number of thiophene rings is 1. The molecular formula is C18H23N5OS. The first kappa shape index (κ1) is 17.4. The Bertz CT molecular complexity index is 862. The van der Waals surface area contributed by atoms with E-state index in [1.54, 1.807) is 17.7 Å². The van der Waals surface area contributed by atoms with Gasteiger partial charge in [-0.2, -0.15) is 0 Å². The molecule has 25 heavy (non-hydrogen) atoms. The average Bonchev–Trinajstić information content (AvgIpc) is 3.29. The van der Waals surface area contributed by atoms with E-state index in [2.05, 4.69) is 22.4 Å². The minimum absolute atomic E-state index is 0.0795. The van der Waals surface area contributed by atoms with Gasteiger partial charge in [0.15, 0.2) is 5.82 Å². The highest BCUT2D eigenvalue weighted by Gasteiger charge is 2.23. The fraction of sp³-hybridized carbons (Fsp3) is 0.389. The van der Waals surface area contributed by atoms with Crippen LogP contribution in [0.3, 0.4) is 0 Å². The predicted molar refractivity (Wildman–Crippen MR) is 99.3 cm³/mol. The van der Waals surface area contributed by atoms with E-state index in [4.69, 9.17) is 0 Å². The first-order valence-electron chi connectivity index (χ1n) is 8.44. The number of rotatable bonds is 6. The lowest BCUT2D eigenvalue weighted by atomic mass is 10.1. The first-order valence-corrected chi connectivity index (χ1v) is 9.26. The van der Waals surface area contributed by atoms with Gasteiger partial charge in [-0.1, -0.05) is 6.92 Å². The Morgan fingerprint density at radius 3 is 2.72 bits per heavy atom. The smallest absolute Gasteiger partial charge is 0.255 e. The van der Waals surface area contributed by atoms with Crippen molar-refractivity contribution in [3.63, 3.8) is 0 Å². The van der Waals surface area contributed by atoms with Gasteiger partial charge in [-0.25, -0.2) is 0 Å². The van der Waals surface area contributed by atoms with Crippen LogP contribution in [-0.4, -0.2) is 25.2 Å². The van der Waals surface area contributed by atoms with Crippen LogP contribution < -0.4 is 5.32 Å². The molecule has 0 radical (unpaired) electrons. The highest BCUT2D eigenvalue weighted by molar-refractivity contribution is 7.15. The Hall–Kier alpha value is -2.41. The van der Waals surface area contributed by atoms with E-state index in [1.807, 2.05) is 54.4 Å². The van der Waals surface area contributed by atoms with Gasteiger partial charge in [0.2, 0.25) is 0 Å². The van der Waals surface area contributed by atoms with Gasteiger partial charge in [0.1, 0.15) is 11.3 Å². The summed E-state index contributed by atoms with van der Waals surface area (Å²) < 4.78 is 3.98. The molecule has 1 amide bonds. The van der Waals surface area contributed by atoms with Crippen LogP contribution in [0.25, 0.3) is 5.00 Å². The zero-order chi connectivity index (χ0) is 18.0. The molecule has 0 saturated heterocycles. The first-order chi connectivity index (χ1) is 12.0. The fourth-order valence-corrected chi connectivity index (χ4v) is 3.99. The number of hydrogen-bond acceptors (Lipinski definition) is 4. The molecular weight excluding hydrogens is 334 g/mol. The van der Waals surface area contributed by atoms with Crippen molar-refractivity contribution in [2.75, 3.05) is 0 Å². The van der Waals surface area contributed by atoms with E-state index in [9.17, 15) is 4.79 Å². The molecule has 0 aliphatic heterocycles. The third-order valence-corrected chi connectivity index (χ3v) is 5.50. The van der Waals surface area contributed by atoms with Crippen molar-refractivity contribution in [2.45, 2.75) is 46.7 Å². The molecule has 0 aromatic carbocycles. The lowest BCUT2D eigenvalue weighted by Gasteiger charge is -2.15. The van der Waals surface area contributed by atoms with Gasteiger partial charge < -0.3 is 14.5 Å².